The summed E-state index contributed by atoms with van der Waals surface area (Å²) in [5.74, 6) is -0.357. The van der Waals surface area contributed by atoms with Crippen molar-refractivity contribution in [3.63, 3.8) is 0 Å². The standard InChI is InChI=1S/C36H17F3N4O/c1-20-4-6-21(7-5-20)23-10-14-26-28(16-23)34-33(31(19-41)43-3)27-15-11-24(17-29(27)35(34)32(26)30(18-40)42-2)22-8-12-25(13-9-22)44-36(37,38)39/h4-17H,1H3/b32-30+,33-31-. The van der Waals surface area contributed by atoms with E-state index in [9.17, 15) is 23.7 Å². The predicted molar refractivity (Wildman–Crippen MR) is 160 cm³/mol. The Kier molecular flexibility index (Phi) is 6.63. The second-order valence-electron chi connectivity index (χ2n) is 10.1. The SMILES string of the molecule is [C-]#[N+]/C(C#N)=C1C2=C(/C(=C(\C#N)[N+]#[C-])c3ccc(-c4ccc(C)cc4)cc32)c2cc(-c3ccc(OC(F)(F)F)cc3)ccc2\1. The number of rotatable bonds is 3. The number of nitrogens with zero attached hydrogens (tertiary/aromatic N) is 4. The lowest BCUT2D eigenvalue weighted by molar-refractivity contribution is -0.274. The second-order valence-corrected chi connectivity index (χ2v) is 10.1. The molecule has 8 heteroatoms. The van der Waals surface area contributed by atoms with Gasteiger partial charge in [-0.2, -0.15) is 0 Å². The minimum absolute atomic E-state index is 0.132. The van der Waals surface area contributed by atoms with Gasteiger partial charge in [0, 0.05) is 11.1 Å². The molecule has 6 rings (SSSR count). The molecular weight excluding hydrogens is 561 g/mol. The highest BCUT2D eigenvalue weighted by Crippen LogP contribution is 2.60. The van der Waals surface area contributed by atoms with Crippen LogP contribution < -0.4 is 4.74 Å². The van der Waals surface area contributed by atoms with Gasteiger partial charge >= 0.3 is 6.36 Å². The molecule has 0 amide bonds. The van der Waals surface area contributed by atoms with Crippen LogP contribution >= 0.6 is 0 Å². The van der Waals surface area contributed by atoms with Crippen LogP contribution in [0.1, 0.15) is 27.8 Å². The lowest BCUT2D eigenvalue weighted by Gasteiger charge is -2.15. The van der Waals surface area contributed by atoms with Crippen LogP contribution in [0.3, 0.4) is 0 Å². The first-order valence-corrected chi connectivity index (χ1v) is 13.2. The molecule has 0 saturated heterocycles. The van der Waals surface area contributed by atoms with Gasteiger partial charge in [0.15, 0.2) is 0 Å². The summed E-state index contributed by atoms with van der Waals surface area (Å²) in [6, 6.07) is 28.5. The highest BCUT2D eigenvalue weighted by atomic mass is 19.4. The van der Waals surface area contributed by atoms with Crippen LogP contribution in [-0.2, 0) is 0 Å². The average Bonchev–Trinajstić information content (AvgIpc) is 3.51. The Morgan fingerprint density at radius 3 is 1.43 bits per heavy atom. The second kappa shape index (κ2) is 10.5. The predicted octanol–water partition coefficient (Wildman–Crippen LogP) is 9.47. The maximum absolute atomic E-state index is 12.7. The number of nitriles is 2. The molecule has 0 saturated carbocycles. The van der Waals surface area contributed by atoms with E-state index in [-0.39, 0.29) is 17.1 Å². The Labute approximate surface area is 251 Å². The maximum Gasteiger partial charge on any atom is 0.573 e. The van der Waals surface area contributed by atoms with Crippen molar-refractivity contribution >= 4 is 22.3 Å². The first kappa shape index (κ1) is 27.8. The normalized spacial score (nSPS) is 15.2. The Hall–Kier alpha value is -6.35. The molecule has 0 N–H and O–H groups in total. The van der Waals surface area contributed by atoms with E-state index >= 15 is 0 Å². The molecule has 0 aromatic heterocycles. The Morgan fingerprint density at radius 1 is 0.636 bits per heavy atom. The fourth-order valence-corrected chi connectivity index (χ4v) is 5.72. The third-order valence-electron chi connectivity index (χ3n) is 7.58. The third-order valence-corrected chi connectivity index (χ3v) is 7.58. The number of ether oxygens (including phenoxy) is 1. The fourth-order valence-electron chi connectivity index (χ4n) is 5.72. The van der Waals surface area contributed by atoms with E-state index in [0.717, 1.165) is 16.7 Å². The topological polar surface area (TPSA) is 65.5 Å². The van der Waals surface area contributed by atoms with Crippen molar-refractivity contribution in [3.8, 4) is 40.1 Å². The number of allylic oxidation sites excluding steroid dienone is 6. The molecule has 4 aromatic rings. The zero-order chi connectivity index (χ0) is 31.2. The van der Waals surface area contributed by atoms with Crippen LogP contribution in [0, 0.1) is 42.7 Å². The summed E-state index contributed by atoms with van der Waals surface area (Å²) in [5.41, 5.74) is 8.44. The molecule has 44 heavy (non-hydrogen) atoms. The molecule has 5 nitrogen and oxygen atoms in total. The van der Waals surface area contributed by atoms with E-state index < -0.39 is 6.36 Å². The molecule has 2 aliphatic carbocycles. The molecule has 208 valence electrons. The van der Waals surface area contributed by atoms with Gasteiger partial charge in [0.1, 0.15) is 5.75 Å². The summed E-state index contributed by atoms with van der Waals surface area (Å²) in [4.78, 5) is 7.06. The van der Waals surface area contributed by atoms with Crippen LogP contribution in [0.4, 0.5) is 13.2 Å². The lowest BCUT2D eigenvalue weighted by Crippen LogP contribution is -2.16. The number of alkyl halides is 3. The van der Waals surface area contributed by atoms with Crippen LogP contribution in [0.2, 0.25) is 0 Å². The zero-order valence-corrected chi connectivity index (χ0v) is 22.9. The van der Waals surface area contributed by atoms with Crippen LogP contribution in [0.25, 0.3) is 54.2 Å². The van der Waals surface area contributed by atoms with Gasteiger partial charge in [-0.25, -0.2) is 20.2 Å². The molecule has 0 fully saturated rings. The molecule has 0 unspecified atom stereocenters. The molecule has 2 aliphatic rings. The minimum atomic E-state index is -4.82. The van der Waals surface area contributed by atoms with E-state index in [1.807, 2.05) is 67.6 Å². The highest BCUT2D eigenvalue weighted by Gasteiger charge is 2.40. The van der Waals surface area contributed by atoms with Crippen molar-refractivity contribution < 1.29 is 17.9 Å². The lowest BCUT2D eigenvalue weighted by atomic mass is 9.88. The number of aryl methyl sites for hydroxylation is 1. The quantitative estimate of drug-likeness (QED) is 0.180. The largest absolute Gasteiger partial charge is 0.573 e. The van der Waals surface area contributed by atoms with E-state index in [0.29, 0.717) is 55.7 Å². The van der Waals surface area contributed by atoms with Crippen molar-refractivity contribution in [2.75, 3.05) is 0 Å². The van der Waals surface area contributed by atoms with Crippen molar-refractivity contribution in [3.05, 3.63) is 147 Å². The average molecular weight is 579 g/mol. The summed E-state index contributed by atoms with van der Waals surface area (Å²) < 4.78 is 42.1. The summed E-state index contributed by atoms with van der Waals surface area (Å²) in [6.45, 7) is 17.6. The molecule has 0 heterocycles. The van der Waals surface area contributed by atoms with Gasteiger partial charge in [0.25, 0.3) is 11.4 Å². The first-order chi connectivity index (χ1) is 21.2. The van der Waals surface area contributed by atoms with Crippen LogP contribution in [0.5, 0.6) is 5.75 Å². The van der Waals surface area contributed by atoms with E-state index in [1.165, 1.54) is 24.3 Å². The van der Waals surface area contributed by atoms with Crippen molar-refractivity contribution in [2.24, 2.45) is 0 Å². The van der Waals surface area contributed by atoms with E-state index in [1.54, 1.807) is 12.1 Å². The minimum Gasteiger partial charge on any atom is -0.406 e. The molecule has 4 aromatic carbocycles. The van der Waals surface area contributed by atoms with Gasteiger partial charge in [0.05, 0.1) is 25.3 Å². The molecular formula is C36H17F3N4O. The van der Waals surface area contributed by atoms with Crippen LogP contribution in [0.15, 0.2) is 96.3 Å². The summed E-state index contributed by atoms with van der Waals surface area (Å²) in [7, 11) is 0. The van der Waals surface area contributed by atoms with Crippen molar-refractivity contribution in [1.82, 2.24) is 0 Å². The number of hydrogen-bond acceptors (Lipinski definition) is 3. The molecule has 0 bridgehead atoms. The number of hydrogen-bond donors (Lipinski definition) is 0. The van der Waals surface area contributed by atoms with Gasteiger partial charge in [-0.1, -0.05) is 66.2 Å². The number of benzene rings is 4. The van der Waals surface area contributed by atoms with Crippen molar-refractivity contribution in [1.29, 1.82) is 10.5 Å². The van der Waals surface area contributed by atoms with E-state index in [4.69, 9.17) is 13.1 Å². The zero-order valence-electron chi connectivity index (χ0n) is 22.9. The monoisotopic (exact) mass is 578 g/mol. The Bertz CT molecular complexity index is 2130. The van der Waals surface area contributed by atoms with Gasteiger partial charge in [-0.15, -0.1) is 13.2 Å². The van der Waals surface area contributed by atoms with Crippen molar-refractivity contribution in [2.45, 2.75) is 13.3 Å². The molecule has 0 spiro atoms. The Balaban J connectivity index is 1.61. The molecule has 0 aliphatic heterocycles. The summed E-state index contributed by atoms with van der Waals surface area (Å²) in [5, 5.41) is 20.0. The fraction of sp³-hybridized carbons (Fsp3) is 0.0556. The van der Waals surface area contributed by atoms with Gasteiger partial charge in [-0.3, -0.25) is 0 Å². The number of halogens is 3. The van der Waals surface area contributed by atoms with Gasteiger partial charge < -0.3 is 4.74 Å². The smallest absolute Gasteiger partial charge is 0.406 e. The first-order valence-electron chi connectivity index (χ1n) is 13.2. The summed E-state index contributed by atoms with van der Waals surface area (Å²) in [6.07, 6.45) is -4.82. The van der Waals surface area contributed by atoms with E-state index in [2.05, 4.69) is 14.4 Å². The summed E-state index contributed by atoms with van der Waals surface area (Å²) >= 11 is 0. The molecule has 0 radical (unpaired) electrons. The Morgan fingerprint density at radius 2 is 1.05 bits per heavy atom. The maximum atomic E-state index is 12.7. The highest BCUT2D eigenvalue weighted by molar-refractivity contribution is 6.37. The van der Waals surface area contributed by atoms with Crippen LogP contribution in [-0.4, -0.2) is 6.36 Å². The van der Waals surface area contributed by atoms with Gasteiger partial charge in [0.2, 0.25) is 0 Å². The molecule has 0 atom stereocenters. The third kappa shape index (κ3) is 4.58. The van der Waals surface area contributed by atoms with Gasteiger partial charge in [-0.05, 0) is 86.8 Å². The number of fused-ring (bicyclic) bond motifs is 4.